The fourth-order valence-electron chi connectivity index (χ4n) is 8.30. The number of alkyl carbamates (subject to hydrolysis) is 1. The fourth-order valence-corrected chi connectivity index (χ4v) is 8.30. The standard InChI is InChI=1S/C31H54BN3O5/c1-22-23(32-39-27(7,8)28(9,10)40-32)15-34-35(22)21-30(12)18-29(11)16-26(5,6)17-31(19-29,20-30)37-14-13-33-24(36)38-25(2,3)4/h15H,13-14,16-21H2,1-12H3,(H,33,36). The molecule has 1 aliphatic heterocycles. The number of rotatable bonds is 7. The van der Waals surface area contributed by atoms with Crippen molar-refractivity contribution in [1.82, 2.24) is 15.1 Å². The molecule has 4 rings (SSSR count). The van der Waals surface area contributed by atoms with Gasteiger partial charge in [-0.15, -0.1) is 0 Å². The average molecular weight is 560 g/mol. The smallest absolute Gasteiger partial charge is 0.444 e. The molecule has 9 heteroatoms. The Hall–Kier alpha value is -1.58. The molecular weight excluding hydrogens is 505 g/mol. The first-order valence-corrected chi connectivity index (χ1v) is 15.1. The Morgan fingerprint density at radius 1 is 1.00 bits per heavy atom. The molecule has 2 bridgehead atoms. The van der Waals surface area contributed by atoms with E-state index >= 15 is 0 Å². The van der Waals surface area contributed by atoms with Crippen LogP contribution >= 0.6 is 0 Å². The third-order valence-corrected chi connectivity index (χ3v) is 9.42. The van der Waals surface area contributed by atoms with Crippen LogP contribution in [-0.4, -0.2) is 58.5 Å². The highest BCUT2D eigenvalue weighted by atomic mass is 16.7. The summed E-state index contributed by atoms with van der Waals surface area (Å²) in [6, 6.07) is 0. The van der Waals surface area contributed by atoms with E-state index in [9.17, 15) is 4.79 Å². The molecule has 0 spiro atoms. The minimum Gasteiger partial charge on any atom is -0.444 e. The lowest BCUT2D eigenvalue weighted by Crippen LogP contribution is -2.57. The monoisotopic (exact) mass is 559 g/mol. The Labute approximate surface area is 242 Å². The van der Waals surface area contributed by atoms with Gasteiger partial charge in [0.15, 0.2) is 0 Å². The van der Waals surface area contributed by atoms with Gasteiger partial charge in [0.2, 0.25) is 0 Å². The van der Waals surface area contributed by atoms with Crippen molar-refractivity contribution in [2.24, 2.45) is 16.2 Å². The van der Waals surface area contributed by atoms with Crippen LogP contribution in [0.3, 0.4) is 0 Å². The van der Waals surface area contributed by atoms with Gasteiger partial charge in [0.05, 0.1) is 23.4 Å². The Bertz CT molecular complexity index is 1090. The Morgan fingerprint density at radius 2 is 1.62 bits per heavy atom. The summed E-state index contributed by atoms with van der Waals surface area (Å²) in [5.74, 6) is 0. The minimum absolute atomic E-state index is 0.00603. The molecule has 40 heavy (non-hydrogen) atoms. The van der Waals surface area contributed by atoms with Crippen LogP contribution in [0.4, 0.5) is 4.79 Å². The van der Waals surface area contributed by atoms with E-state index in [0.29, 0.717) is 13.2 Å². The number of amides is 1. The number of aromatic nitrogens is 2. The first-order chi connectivity index (χ1) is 18.1. The van der Waals surface area contributed by atoms with Gasteiger partial charge >= 0.3 is 13.2 Å². The molecule has 1 amide bonds. The normalized spacial score (nSPS) is 32.6. The number of carbonyl (C=O) groups is 1. The molecule has 1 aromatic rings. The maximum Gasteiger partial charge on any atom is 0.498 e. The predicted octanol–water partition coefficient (Wildman–Crippen LogP) is 5.79. The summed E-state index contributed by atoms with van der Waals surface area (Å²) in [6.45, 7) is 27.4. The number of carbonyl (C=O) groups excluding carboxylic acids is 1. The van der Waals surface area contributed by atoms with E-state index in [1.807, 2.05) is 27.0 Å². The molecule has 3 aliphatic rings. The molecule has 226 valence electrons. The maximum atomic E-state index is 12.2. The molecule has 3 unspecified atom stereocenters. The van der Waals surface area contributed by atoms with Gasteiger partial charge in [0.25, 0.3) is 0 Å². The van der Waals surface area contributed by atoms with E-state index in [1.165, 1.54) is 6.42 Å². The van der Waals surface area contributed by atoms with Gasteiger partial charge in [-0.1, -0.05) is 27.7 Å². The molecule has 0 radical (unpaired) electrons. The zero-order valence-electron chi connectivity index (χ0n) is 27.2. The summed E-state index contributed by atoms with van der Waals surface area (Å²) in [5, 5.41) is 7.71. The second kappa shape index (κ2) is 10.0. The highest BCUT2D eigenvalue weighted by Crippen LogP contribution is 2.63. The van der Waals surface area contributed by atoms with Gasteiger partial charge in [0, 0.05) is 30.4 Å². The summed E-state index contributed by atoms with van der Waals surface area (Å²) in [5.41, 5.74) is 0.937. The van der Waals surface area contributed by atoms with E-state index in [1.54, 1.807) is 0 Å². The van der Waals surface area contributed by atoms with Gasteiger partial charge in [0.1, 0.15) is 5.60 Å². The second-order valence-electron chi connectivity index (χ2n) is 16.6. The van der Waals surface area contributed by atoms with Crippen LogP contribution in [-0.2, 0) is 25.3 Å². The van der Waals surface area contributed by atoms with Crippen LogP contribution in [0.5, 0.6) is 0 Å². The SMILES string of the molecule is Cc1c(B2OC(C)(C)C(C)(C)O2)cnn1CC1(C)CC2(C)CC(C)(C)CC(OCCNC(=O)OC(C)(C)C)(C1)C2. The van der Waals surface area contributed by atoms with Crippen molar-refractivity contribution in [1.29, 1.82) is 0 Å². The zero-order chi connectivity index (χ0) is 30.0. The molecule has 1 N–H and O–H groups in total. The van der Waals surface area contributed by atoms with Crippen LogP contribution in [0.25, 0.3) is 0 Å². The van der Waals surface area contributed by atoms with Gasteiger partial charge in [-0.25, -0.2) is 4.79 Å². The summed E-state index contributed by atoms with van der Waals surface area (Å²) < 4.78 is 27.0. The van der Waals surface area contributed by atoms with Gasteiger partial charge in [-0.2, -0.15) is 5.10 Å². The molecule has 1 saturated heterocycles. The van der Waals surface area contributed by atoms with Gasteiger partial charge in [-0.05, 0) is 104 Å². The quantitative estimate of drug-likeness (QED) is 0.337. The molecule has 3 fully saturated rings. The zero-order valence-corrected chi connectivity index (χ0v) is 27.2. The van der Waals surface area contributed by atoms with Crippen molar-refractivity contribution in [2.45, 2.75) is 144 Å². The molecule has 2 aliphatic carbocycles. The first kappa shape index (κ1) is 31.4. The van der Waals surface area contributed by atoms with Crippen molar-refractivity contribution in [2.75, 3.05) is 13.2 Å². The van der Waals surface area contributed by atoms with E-state index in [4.69, 9.17) is 23.9 Å². The lowest BCUT2D eigenvalue weighted by Gasteiger charge is -2.61. The third-order valence-electron chi connectivity index (χ3n) is 9.42. The largest absolute Gasteiger partial charge is 0.498 e. The van der Waals surface area contributed by atoms with Crippen LogP contribution < -0.4 is 10.8 Å². The summed E-state index contributed by atoms with van der Waals surface area (Å²) in [4.78, 5) is 12.2. The van der Waals surface area contributed by atoms with E-state index in [0.717, 1.165) is 43.4 Å². The number of fused-ring (bicyclic) bond motifs is 2. The molecule has 2 saturated carbocycles. The van der Waals surface area contributed by atoms with E-state index in [-0.39, 0.29) is 33.0 Å². The third kappa shape index (κ3) is 6.73. The molecule has 8 nitrogen and oxygen atoms in total. The van der Waals surface area contributed by atoms with Crippen molar-refractivity contribution in [3.63, 3.8) is 0 Å². The van der Waals surface area contributed by atoms with Crippen LogP contribution in [0.1, 0.15) is 114 Å². The summed E-state index contributed by atoms with van der Waals surface area (Å²) in [7, 11) is -0.414. The van der Waals surface area contributed by atoms with Crippen molar-refractivity contribution < 1.29 is 23.6 Å². The molecular formula is C31H54BN3O5. The Kier molecular flexibility index (Phi) is 7.85. The number of nitrogens with one attached hydrogen (secondary N) is 1. The number of hydrogen-bond acceptors (Lipinski definition) is 6. The average Bonchev–Trinajstić information content (AvgIpc) is 3.16. The van der Waals surface area contributed by atoms with Crippen LogP contribution in [0.2, 0.25) is 0 Å². The number of nitrogens with zero attached hydrogens (tertiary/aromatic N) is 2. The van der Waals surface area contributed by atoms with Gasteiger partial charge in [-0.3, -0.25) is 4.68 Å². The lowest BCUT2D eigenvalue weighted by atomic mass is 9.48. The highest BCUT2D eigenvalue weighted by Gasteiger charge is 2.58. The molecule has 3 atom stereocenters. The van der Waals surface area contributed by atoms with Crippen molar-refractivity contribution in [3.8, 4) is 0 Å². The summed E-state index contributed by atoms with van der Waals surface area (Å²) >= 11 is 0. The number of hydrogen-bond donors (Lipinski definition) is 1. The Morgan fingerprint density at radius 3 is 2.23 bits per heavy atom. The van der Waals surface area contributed by atoms with Crippen molar-refractivity contribution >= 4 is 18.7 Å². The van der Waals surface area contributed by atoms with Crippen LogP contribution in [0, 0.1) is 23.2 Å². The maximum absolute atomic E-state index is 12.2. The molecule has 1 aromatic heterocycles. The van der Waals surface area contributed by atoms with Crippen molar-refractivity contribution in [3.05, 3.63) is 11.9 Å². The minimum atomic E-state index is -0.517. The van der Waals surface area contributed by atoms with Gasteiger partial charge < -0.3 is 24.1 Å². The molecule has 2 heterocycles. The Balaban J connectivity index is 1.49. The molecule has 0 aromatic carbocycles. The predicted molar refractivity (Wildman–Crippen MR) is 159 cm³/mol. The fraction of sp³-hybridized carbons (Fsp3) is 0.871. The highest BCUT2D eigenvalue weighted by molar-refractivity contribution is 6.62. The second-order valence-corrected chi connectivity index (χ2v) is 16.6. The van der Waals surface area contributed by atoms with Crippen LogP contribution in [0.15, 0.2) is 6.20 Å². The van der Waals surface area contributed by atoms with E-state index in [2.05, 4.69) is 72.3 Å². The van der Waals surface area contributed by atoms with E-state index < -0.39 is 18.8 Å². The lowest BCUT2D eigenvalue weighted by molar-refractivity contribution is -0.192. The summed E-state index contributed by atoms with van der Waals surface area (Å²) in [6.07, 6.45) is 6.82. The topological polar surface area (TPSA) is 83.8 Å². The first-order valence-electron chi connectivity index (χ1n) is 15.1. The number of ether oxygens (including phenoxy) is 2.